The molecule has 5 heteroatoms. The van der Waals surface area contributed by atoms with Crippen molar-refractivity contribution in [3.8, 4) is 0 Å². The maximum Gasteiger partial charge on any atom is 0.0951 e. The molecule has 2 aliphatic carbocycles. The summed E-state index contributed by atoms with van der Waals surface area (Å²) in [6.45, 7) is 0. The Morgan fingerprint density at radius 3 is 3.04 bits per heavy atom. The van der Waals surface area contributed by atoms with Crippen molar-refractivity contribution in [1.29, 1.82) is 0 Å². The first kappa shape index (κ1) is 13.3. The van der Waals surface area contributed by atoms with E-state index >= 15 is 0 Å². The van der Waals surface area contributed by atoms with E-state index < -0.39 is 6.10 Å². The van der Waals surface area contributed by atoms with E-state index in [0.717, 1.165) is 24.1 Å². The fourth-order valence-electron chi connectivity index (χ4n) is 4.79. The maximum absolute atomic E-state index is 11.0. The Kier molecular flexibility index (Phi) is 2.71. The number of imidazole rings is 1. The molecule has 0 radical (unpaired) electrons. The van der Waals surface area contributed by atoms with E-state index in [9.17, 15) is 5.11 Å². The smallest absolute Gasteiger partial charge is 0.0951 e. The molecule has 0 fully saturated rings. The maximum atomic E-state index is 11.0. The van der Waals surface area contributed by atoms with E-state index in [1.807, 2.05) is 30.5 Å². The molecule has 0 saturated carbocycles. The van der Waals surface area contributed by atoms with Crippen molar-refractivity contribution < 1.29 is 5.11 Å². The molecule has 118 valence electrons. The van der Waals surface area contributed by atoms with Crippen LogP contribution in [-0.4, -0.2) is 24.4 Å². The lowest BCUT2D eigenvalue weighted by Crippen LogP contribution is -2.31. The zero-order valence-corrected chi connectivity index (χ0v) is 13.1. The number of allylic oxidation sites excluding steroid dienone is 4. The average Bonchev–Trinajstić information content (AvgIpc) is 3.22. The van der Waals surface area contributed by atoms with E-state index in [1.165, 1.54) is 5.69 Å². The van der Waals surface area contributed by atoms with E-state index in [-0.39, 0.29) is 12.0 Å². The Hall–Kier alpha value is -2.14. The molecule has 1 aliphatic heterocycles. The van der Waals surface area contributed by atoms with Crippen LogP contribution in [0.2, 0.25) is 0 Å². The van der Waals surface area contributed by atoms with Gasteiger partial charge in [-0.05, 0) is 12.8 Å². The van der Waals surface area contributed by atoms with Crippen LogP contribution in [0.1, 0.15) is 41.4 Å². The number of aryl methyl sites for hydroxylation is 2. The minimum Gasteiger partial charge on any atom is -0.388 e. The molecular formula is C18H20N4O. The van der Waals surface area contributed by atoms with E-state index in [1.54, 1.807) is 0 Å². The van der Waals surface area contributed by atoms with Gasteiger partial charge in [0.1, 0.15) is 0 Å². The molecule has 5 atom stereocenters. The Labute approximate surface area is 135 Å². The van der Waals surface area contributed by atoms with Crippen LogP contribution in [-0.2, 0) is 13.5 Å². The Balaban J connectivity index is 1.57. The molecule has 2 unspecified atom stereocenters. The zero-order valence-electron chi connectivity index (χ0n) is 13.1. The van der Waals surface area contributed by atoms with E-state index in [4.69, 9.17) is 0 Å². The van der Waals surface area contributed by atoms with Gasteiger partial charge in [0.25, 0.3) is 0 Å². The van der Waals surface area contributed by atoms with Crippen molar-refractivity contribution in [3.63, 3.8) is 0 Å². The van der Waals surface area contributed by atoms with Crippen LogP contribution in [0.3, 0.4) is 0 Å². The highest BCUT2D eigenvalue weighted by Gasteiger charge is 2.46. The second-order valence-electron chi connectivity index (χ2n) is 6.94. The van der Waals surface area contributed by atoms with Gasteiger partial charge in [-0.3, -0.25) is 4.68 Å². The second kappa shape index (κ2) is 4.68. The summed E-state index contributed by atoms with van der Waals surface area (Å²) in [5.41, 5.74) is 3.32. The number of aliphatic hydroxyl groups excluding tert-OH is 1. The molecular weight excluding hydrogens is 288 g/mol. The van der Waals surface area contributed by atoms with Gasteiger partial charge in [0.05, 0.1) is 18.1 Å². The first-order valence-corrected chi connectivity index (χ1v) is 8.31. The number of hydrogen-bond acceptors (Lipinski definition) is 3. The lowest BCUT2D eigenvalue weighted by molar-refractivity contribution is 0.0527. The predicted molar refractivity (Wildman–Crippen MR) is 85.8 cm³/mol. The molecule has 5 rings (SSSR count). The third-order valence-corrected chi connectivity index (χ3v) is 5.75. The molecule has 5 nitrogen and oxygen atoms in total. The molecule has 23 heavy (non-hydrogen) atoms. The topological polar surface area (TPSA) is 55.9 Å². The molecule has 0 saturated heterocycles. The lowest BCUT2D eigenvalue weighted by atomic mass is 9.73. The van der Waals surface area contributed by atoms with Crippen LogP contribution >= 0.6 is 0 Å². The van der Waals surface area contributed by atoms with Crippen molar-refractivity contribution in [3.05, 3.63) is 60.0 Å². The van der Waals surface area contributed by atoms with Gasteiger partial charge in [0.2, 0.25) is 0 Å². The molecule has 2 aromatic rings. The molecule has 1 N–H and O–H groups in total. The summed E-state index contributed by atoms with van der Waals surface area (Å²) in [6, 6.07) is 0.266. The van der Waals surface area contributed by atoms with Crippen LogP contribution in [0.25, 0.3) is 0 Å². The van der Waals surface area contributed by atoms with Gasteiger partial charge >= 0.3 is 0 Å². The summed E-state index contributed by atoms with van der Waals surface area (Å²) >= 11 is 0. The minimum atomic E-state index is -0.453. The van der Waals surface area contributed by atoms with Gasteiger partial charge in [-0.15, -0.1) is 0 Å². The number of aliphatic hydroxyl groups is 1. The molecule has 3 heterocycles. The van der Waals surface area contributed by atoms with E-state index in [2.05, 4.69) is 39.0 Å². The number of fused-ring (bicyclic) bond motifs is 4. The van der Waals surface area contributed by atoms with Crippen molar-refractivity contribution >= 4 is 0 Å². The van der Waals surface area contributed by atoms with Crippen LogP contribution in [0, 0.1) is 11.8 Å². The van der Waals surface area contributed by atoms with Gasteiger partial charge < -0.3 is 9.67 Å². The fraction of sp³-hybridized carbons (Fsp3) is 0.444. The van der Waals surface area contributed by atoms with Gasteiger partial charge in [-0.1, -0.05) is 24.3 Å². The highest BCUT2D eigenvalue weighted by Crippen LogP contribution is 2.52. The van der Waals surface area contributed by atoms with Gasteiger partial charge in [0.15, 0.2) is 0 Å². The van der Waals surface area contributed by atoms with Crippen molar-refractivity contribution in [2.75, 3.05) is 0 Å². The second-order valence-corrected chi connectivity index (χ2v) is 6.94. The third kappa shape index (κ3) is 1.77. The van der Waals surface area contributed by atoms with Gasteiger partial charge in [-0.2, -0.15) is 5.10 Å². The third-order valence-electron chi connectivity index (χ3n) is 5.75. The number of hydrogen-bond donors (Lipinski definition) is 1. The lowest BCUT2D eigenvalue weighted by Gasteiger charge is -2.36. The highest BCUT2D eigenvalue weighted by atomic mass is 16.3. The van der Waals surface area contributed by atoms with Crippen LogP contribution in [0.5, 0.6) is 0 Å². The average molecular weight is 308 g/mol. The van der Waals surface area contributed by atoms with E-state index in [0.29, 0.717) is 11.8 Å². The van der Waals surface area contributed by atoms with Crippen LogP contribution < -0.4 is 0 Å². The molecule has 3 aliphatic rings. The largest absolute Gasteiger partial charge is 0.388 e. The molecule has 0 aromatic carbocycles. The number of rotatable bonds is 1. The standard InChI is InChI=1S/C18H20N4O/c1-21-9-14-15(20-21)7-6-13(18(14)23)17-12-5-3-2-4-11(12)16-8-19-10-22(16)17/h2-5,8-13,17-18,23H,6-7H2,1H3/t11?,12?,13-,17+,18-/m1/s1. The quantitative estimate of drug-likeness (QED) is 0.879. The first-order chi connectivity index (χ1) is 11.2. The number of aromatic nitrogens is 4. The van der Waals surface area contributed by atoms with Crippen molar-refractivity contribution in [1.82, 2.24) is 19.3 Å². The van der Waals surface area contributed by atoms with Crippen LogP contribution in [0.15, 0.2) is 43.0 Å². The Bertz CT molecular complexity index is 815. The van der Waals surface area contributed by atoms with Gasteiger partial charge in [0, 0.05) is 54.5 Å². The van der Waals surface area contributed by atoms with Crippen LogP contribution in [0.4, 0.5) is 0 Å². The summed E-state index contributed by atoms with van der Waals surface area (Å²) in [7, 11) is 1.92. The molecule has 0 amide bonds. The normalized spacial score (nSPS) is 34.3. The Morgan fingerprint density at radius 1 is 1.26 bits per heavy atom. The predicted octanol–water partition coefficient (Wildman–Crippen LogP) is 2.29. The first-order valence-electron chi connectivity index (χ1n) is 8.31. The fourth-order valence-corrected chi connectivity index (χ4v) is 4.79. The summed E-state index contributed by atoms with van der Waals surface area (Å²) < 4.78 is 4.12. The monoisotopic (exact) mass is 308 g/mol. The summed E-state index contributed by atoms with van der Waals surface area (Å²) in [5.74, 6) is 0.997. The zero-order chi connectivity index (χ0) is 15.6. The van der Waals surface area contributed by atoms with Gasteiger partial charge in [-0.25, -0.2) is 4.98 Å². The SMILES string of the molecule is Cn1cc2c(n1)CC[C@H]([C@@H]1C3C=CC=CC3c3cncn31)[C@H]2O. The summed E-state index contributed by atoms with van der Waals surface area (Å²) in [4.78, 5) is 4.36. The highest BCUT2D eigenvalue weighted by molar-refractivity contribution is 5.33. The van der Waals surface area contributed by atoms with Crippen molar-refractivity contribution in [2.45, 2.75) is 30.9 Å². The molecule has 2 aromatic heterocycles. The minimum absolute atomic E-state index is 0.200. The molecule has 0 bridgehead atoms. The van der Waals surface area contributed by atoms with Crippen molar-refractivity contribution in [2.24, 2.45) is 18.9 Å². The number of nitrogens with zero attached hydrogens (tertiary/aromatic N) is 4. The summed E-state index contributed by atoms with van der Waals surface area (Å²) in [6.07, 6.45) is 16.2. The Morgan fingerprint density at radius 2 is 2.13 bits per heavy atom. The molecule has 0 spiro atoms. The summed E-state index contributed by atoms with van der Waals surface area (Å²) in [5, 5.41) is 15.5.